The molecule has 0 aliphatic carbocycles. The highest BCUT2D eigenvalue weighted by atomic mass is 16.5. The van der Waals surface area contributed by atoms with Crippen molar-refractivity contribution in [3.8, 4) is 23.0 Å². The van der Waals surface area contributed by atoms with Gasteiger partial charge in [0.25, 0.3) is 0 Å². The van der Waals surface area contributed by atoms with E-state index in [0.29, 0.717) is 36.0 Å². The molecule has 1 aliphatic heterocycles. The molecular weight excluding hydrogens is 386 g/mol. The van der Waals surface area contributed by atoms with Crippen LogP contribution in [-0.4, -0.2) is 57.5 Å². The lowest BCUT2D eigenvalue weighted by atomic mass is 9.90. The predicted molar refractivity (Wildman–Crippen MR) is 113 cm³/mol. The molecule has 0 aromatic heterocycles. The molecule has 162 valence electrons. The van der Waals surface area contributed by atoms with Crippen molar-refractivity contribution in [3.63, 3.8) is 0 Å². The molecule has 2 unspecified atom stereocenters. The predicted octanol–water partition coefficient (Wildman–Crippen LogP) is 3.61. The molecule has 2 atom stereocenters. The van der Waals surface area contributed by atoms with Crippen molar-refractivity contribution in [2.75, 3.05) is 41.5 Å². The van der Waals surface area contributed by atoms with E-state index in [4.69, 9.17) is 18.9 Å². The zero-order valence-corrected chi connectivity index (χ0v) is 17.9. The highest BCUT2D eigenvalue weighted by Crippen LogP contribution is 2.44. The third-order valence-electron chi connectivity index (χ3n) is 5.63. The summed E-state index contributed by atoms with van der Waals surface area (Å²) in [4.78, 5) is 13.9. The number of hydrogen-bond donors (Lipinski definition) is 1. The minimum Gasteiger partial charge on any atom is -0.496 e. The Morgan fingerprint density at radius 3 is 2.17 bits per heavy atom. The van der Waals surface area contributed by atoms with Gasteiger partial charge >= 0.3 is 5.97 Å². The Morgan fingerprint density at radius 2 is 1.60 bits per heavy atom. The van der Waals surface area contributed by atoms with Crippen LogP contribution in [-0.2, 0) is 4.79 Å². The molecule has 1 N–H and O–H groups in total. The number of rotatable bonds is 8. The molecule has 0 amide bonds. The quantitative estimate of drug-likeness (QED) is 0.706. The molecular formula is C23H29NO6. The number of carboxylic acids is 1. The molecule has 1 aliphatic rings. The number of hydrogen-bond acceptors (Lipinski definition) is 6. The molecule has 1 saturated heterocycles. The average Bonchev–Trinajstić information content (AvgIpc) is 2.79. The zero-order chi connectivity index (χ0) is 21.7. The van der Waals surface area contributed by atoms with Gasteiger partial charge in [-0.3, -0.25) is 9.69 Å². The number of aliphatic carboxylic acids is 1. The summed E-state index contributed by atoms with van der Waals surface area (Å²) in [5, 5.41) is 9.62. The minimum absolute atomic E-state index is 0.266. The Balaban J connectivity index is 2.17. The van der Waals surface area contributed by atoms with Crippen molar-refractivity contribution in [2.45, 2.75) is 18.9 Å². The fraction of sp³-hybridized carbons (Fsp3) is 0.435. The smallest absolute Gasteiger partial charge is 0.307 e. The first-order chi connectivity index (χ1) is 14.5. The van der Waals surface area contributed by atoms with Crippen LogP contribution in [0, 0.1) is 5.92 Å². The fourth-order valence-electron chi connectivity index (χ4n) is 4.17. The summed E-state index contributed by atoms with van der Waals surface area (Å²) < 4.78 is 22.3. The third-order valence-corrected chi connectivity index (χ3v) is 5.63. The van der Waals surface area contributed by atoms with Gasteiger partial charge in [-0.2, -0.15) is 0 Å². The van der Waals surface area contributed by atoms with Gasteiger partial charge in [-0.1, -0.05) is 12.1 Å². The molecule has 3 rings (SSSR count). The van der Waals surface area contributed by atoms with Crippen molar-refractivity contribution in [1.82, 2.24) is 4.90 Å². The highest BCUT2D eigenvalue weighted by molar-refractivity contribution is 5.70. The Labute approximate surface area is 177 Å². The van der Waals surface area contributed by atoms with Crippen molar-refractivity contribution in [2.24, 2.45) is 5.92 Å². The molecule has 2 aromatic carbocycles. The van der Waals surface area contributed by atoms with Gasteiger partial charge < -0.3 is 24.1 Å². The van der Waals surface area contributed by atoms with E-state index in [-0.39, 0.29) is 6.04 Å². The summed E-state index contributed by atoms with van der Waals surface area (Å²) in [6.45, 7) is 1.21. The lowest BCUT2D eigenvalue weighted by molar-refractivity contribution is -0.143. The maximum absolute atomic E-state index is 11.7. The van der Waals surface area contributed by atoms with E-state index >= 15 is 0 Å². The topological polar surface area (TPSA) is 77.5 Å². The van der Waals surface area contributed by atoms with Crippen LogP contribution < -0.4 is 18.9 Å². The van der Waals surface area contributed by atoms with Crippen LogP contribution in [0.25, 0.3) is 0 Å². The molecule has 0 radical (unpaired) electrons. The first-order valence-corrected chi connectivity index (χ1v) is 9.93. The molecule has 0 saturated carbocycles. The Kier molecular flexibility index (Phi) is 7.05. The number of piperidine rings is 1. The van der Waals surface area contributed by atoms with Gasteiger partial charge in [-0.15, -0.1) is 0 Å². The number of likely N-dealkylation sites (tertiary alicyclic amines) is 1. The van der Waals surface area contributed by atoms with Crippen molar-refractivity contribution < 1.29 is 28.8 Å². The van der Waals surface area contributed by atoms with Gasteiger partial charge in [-0.25, -0.2) is 0 Å². The molecule has 1 heterocycles. The van der Waals surface area contributed by atoms with Crippen LogP contribution in [0.15, 0.2) is 36.4 Å². The fourth-order valence-corrected chi connectivity index (χ4v) is 4.17. The monoisotopic (exact) mass is 415 g/mol. The van der Waals surface area contributed by atoms with E-state index in [9.17, 15) is 9.90 Å². The van der Waals surface area contributed by atoms with Crippen molar-refractivity contribution in [3.05, 3.63) is 47.5 Å². The normalized spacial score (nSPS) is 17.8. The lowest BCUT2D eigenvalue weighted by Gasteiger charge is -2.38. The van der Waals surface area contributed by atoms with Crippen molar-refractivity contribution >= 4 is 5.97 Å². The second-order valence-corrected chi connectivity index (χ2v) is 7.27. The van der Waals surface area contributed by atoms with Gasteiger partial charge in [0.15, 0.2) is 11.5 Å². The molecule has 30 heavy (non-hydrogen) atoms. The standard InChI is InChI=1S/C23H29NO6/c1-27-17-11-10-15(13-20(17)30-4)22(24-12-6-7-16(14-24)23(25)26)21-18(28-2)8-5-9-19(21)29-3/h5,8-11,13,16,22H,6-7,12,14H2,1-4H3,(H,25,26). The van der Waals surface area contributed by atoms with Crippen LogP contribution >= 0.6 is 0 Å². The highest BCUT2D eigenvalue weighted by Gasteiger charge is 2.34. The first-order valence-electron chi connectivity index (χ1n) is 9.93. The van der Waals surface area contributed by atoms with E-state index < -0.39 is 11.9 Å². The molecule has 7 nitrogen and oxygen atoms in total. The van der Waals surface area contributed by atoms with Gasteiger partial charge in [0.05, 0.1) is 46.0 Å². The minimum atomic E-state index is -0.766. The van der Waals surface area contributed by atoms with Gasteiger partial charge in [0.2, 0.25) is 0 Å². The van der Waals surface area contributed by atoms with Crippen LogP contribution in [0.1, 0.15) is 30.0 Å². The largest absolute Gasteiger partial charge is 0.496 e. The third kappa shape index (κ3) is 4.31. The molecule has 1 fully saturated rings. The number of ether oxygens (including phenoxy) is 4. The molecule has 2 aromatic rings. The van der Waals surface area contributed by atoms with Crippen LogP contribution in [0.4, 0.5) is 0 Å². The van der Waals surface area contributed by atoms with Crippen LogP contribution in [0.2, 0.25) is 0 Å². The van der Waals surface area contributed by atoms with Gasteiger partial charge in [0, 0.05) is 6.54 Å². The maximum Gasteiger partial charge on any atom is 0.307 e. The van der Waals surface area contributed by atoms with Crippen LogP contribution in [0.3, 0.4) is 0 Å². The number of methoxy groups -OCH3 is 4. The summed E-state index contributed by atoms with van der Waals surface area (Å²) >= 11 is 0. The molecule has 0 bridgehead atoms. The summed E-state index contributed by atoms with van der Waals surface area (Å²) in [7, 11) is 6.45. The van der Waals surface area contributed by atoms with Crippen LogP contribution in [0.5, 0.6) is 23.0 Å². The van der Waals surface area contributed by atoms with E-state index in [1.165, 1.54) is 0 Å². The van der Waals surface area contributed by atoms with Crippen molar-refractivity contribution in [1.29, 1.82) is 0 Å². The number of carbonyl (C=O) groups is 1. The Morgan fingerprint density at radius 1 is 0.967 bits per heavy atom. The Bertz CT molecular complexity index is 862. The average molecular weight is 415 g/mol. The van der Waals surface area contributed by atoms with Gasteiger partial charge in [0.1, 0.15) is 11.5 Å². The molecule has 7 heteroatoms. The lowest BCUT2D eigenvalue weighted by Crippen LogP contribution is -2.41. The number of carboxylic acid groups (broad SMARTS) is 1. The van der Waals surface area contributed by atoms with E-state index in [1.807, 2.05) is 36.4 Å². The maximum atomic E-state index is 11.7. The van der Waals surface area contributed by atoms with Gasteiger partial charge in [-0.05, 0) is 49.2 Å². The summed E-state index contributed by atoms with van der Waals surface area (Å²) in [5.74, 6) is 1.44. The van der Waals surface area contributed by atoms with E-state index in [1.54, 1.807) is 28.4 Å². The summed E-state index contributed by atoms with van der Waals surface area (Å²) in [6.07, 6.45) is 1.48. The number of nitrogens with zero attached hydrogens (tertiary/aromatic N) is 1. The second kappa shape index (κ2) is 9.71. The van der Waals surface area contributed by atoms with E-state index in [2.05, 4.69) is 4.90 Å². The summed E-state index contributed by atoms with van der Waals surface area (Å²) in [5.41, 5.74) is 1.81. The first kappa shape index (κ1) is 21.8. The second-order valence-electron chi connectivity index (χ2n) is 7.27. The SMILES string of the molecule is COc1ccc(C(c2c(OC)cccc2OC)N2CCCC(C(=O)O)C2)cc1OC. The number of benzene rings is 2. The van der Waals surface area contributed by atoms with E-state index in [0.717, 1.165) is 24.1 Å². The zero-order valence-electron chi connectivity index (χ0n) is 17.9. The summed E-state index contributed by atoms with van der Waals surface area (Å²) in [6, 6.07) is 11.2. The molecule has 0 spiro atoms. The Hall–Kier alpha value is -2.93.